The van der Waals surface area contributed by atoms with E-state index in [1.807, 2.05) is 12.1 Å². The molecule has 1 aromatic carbocycles. The Bertz CT molecular complexity index is 1010. The number of aromatic amines is 1. The van der Waals surface area contributed by atoms with Gasteiger partial charge in [0, 0.05) is 27.9 Å². The summed E-state index contributed by atoms with van der Waals surface area (Å²) in [6.07, 6.45) is 1.63. The van der Waals surface area contributed by atoms with Crippen molar-refractivity contribution in [2.75, 3.05) is 13.2 Å². The van der Waals surface area contributed by atoms with Crippen LogP contribution in [0.1, 0.15) is 39.2 Å². The van der Waals surface area contributed by atoms with Crippen molar-refractivity contribution < 1.29 is 19.1 Å². The quantitative estimate of drug-likeness (QED) is 0.690. The van der Waals surface area contributed by atoms with Crippen molar-refractivity contribution in [1.29, 1.82) is 0 Å². The predicted octanol–water partition coefficient (Wildman–Crippen LogP) is 4.30. The first-order valence-electron chi connectivity index (χ1n) is 9.77. The molecule has 0 fully saturated rings. The van der Waals surface area contributed by atoms with Crippen molar-refractivity contribution in [3.05, 3.63) is 52.3 Å². The van der Waals surface area contributed by atoms with Crippen LogP contribution in [0.4, 0.5) is 0 Å². The number of hydrogen-bond acceptors (Lipinski definition) is 6. The third kappa shape index (κ3) is 4.16. The van der Waals surface area contributed by atoms with Gasteiger partial charge >= 0.3 is 11.9 Å². The smallest absolute Gasteiger partial charge is 0.336 e. The van der Waals surface area contributed by atoms with Gasteiger partial charge < -0.3 is 9.47 Å². The molecule has 0 saturated heterocycles. The number of aromatic nitrogens is 2. The minimum Gasteiger partial charge on any atom is -0.465 e. The van der Waals surface area contributed by atoms with Crippen molar-refractivity contribution in [3.63, 3.8) is 0 Å². The molecule has 0 bridgehead atoms. The lowest BCUT2D eigenvalue weighted by Gasteiger charge is -2.31. The van der Waals surface area contributed by atoms with Crippen LogP contribution >= 0.6 is 11.6 Å². The minimum absolute atomic E-state index is 0.213. The summed E-state index contributed by atoms with van der Waals surface area (Å²) in [5.74, 6) is -2.36. The fraction of sp³-hybridized carbons (Fsp3) is 0.364. The van der Waals surface area contributed by atoms with Crippen LogP contribution in [0.5, 0.6) is 0 Å². The Morgan fingerprint density at radius 2 is 1.77 bits per heavy atom. The molecule has 2 aromatic rings. The molecule has 30 heavy (non-hydrogen) atoms. The molecule has 0 saturated carbocycles. The normalized spacial score (nSPS) is 18.8. The van der Waals surface area contributed by atoms with Gasteiger partial charge in [-0.3, -0.25) is 14.9 Å². The Labute approximate surface area is 180 Å². The second kappa shape index (κ2) is 9.26. The lowest BCUT2D eigenvalue weighted by atomic mass is 9.75. The molecule has 3 rings (SSSR count). The summed E-state index contributed by atoms with van der Waals surface area (Å²) < 4.78 is 10.6. The van der Waals surface area contributed by atoms with Gasteiger partial charge in [0.25, 0.3) is 0 Å². The van der Waals surface area contributed by atoms with E-state index < -0.39 is 23.8 Å². The van der Waals surface area contributed by atoms with Gasteiger partial charge in [-0.1, -0.05) is 23.7 Å². The average molecular weight is 430 g/mol. The Balaban J connectivity index is 2.19. The number of nitrogens with one attached hydrogen (secondary N) is 1. The average Bonchev–Trinajstić information content (AvgIpc) is 3.17. The first-order chi connectivity index (χ1) is 14.4. The van der Waals surface area contributed by atoms with Gasteiger partial charge in [0.05, 0.1) is 30.7 Å². The number of carbonyl (C=O) groups is 2. The van der Waals surface area contributed by atoms with Gasteiger partial charge in [0.2, 0.25) is 0 Å². The number of rotatable bonds is 6. The predicted molar refractivity (Wildman–Crippen MR) is 114 cm³/mol. The summed E-state index contributed by atoms with van der Waals surface area (Å²) in [7, 11) is 0. The lowest BCUT2D eigenvalue weighted by molar-refractivity contribution is -0.146. The maximum Gasteiger partial charge on any atom is 0.336 e. The number of ether oxygens (including phenoxy) is 2. The van der Waals surface area contributed by atoms with E-state index in [0.29, 0.717) is 33.3 Å². The molecule has 0 radical (unpaired) electrons. The molecular formula is C22H24ClN3O4. The fourth-order valence-electron chi connectivity index (χ4n) is 3.76. The number of hydrogen-bond donors (Lipinski definition) is 1. The minimum atomic E-state index is -0.767. The molecule has 2 atom stereocenters. The SMILES string of the molecule is CCOC(=O)C1=C(C)N=C(C)C(C(=O)OCC)C1c1cn[nH]c1-c1ccc(Cl)cc1. The third-order valence-electron chi connectivity index (χ3n) is 5.00. The van der Waals surface area contributed by atoms with E-state index in [2.05, 4.69) is 15.2 Å². The van der Waals surface area contributed by atoms with Crippen LogP contribution in [0, 0.1) is 5.92 Å². The second-order valence-electron chi connectivity index (χ2n) is 6.89. The van der Waals surface area contributed by atoms with Crippen LogP contribution < -0.4 is 0 Å². The van der Waals surface area contributed by atoms with Crippen LogP contribution in [0.3, 0.4) is 0 Å². The Kier molecular flexibility index (Phi) is 6.72. The molecule has 0 spiro atoms. The number of H-pyrrole nitrogens is 1. The van der Waals surface area contributed by atoms with Gasteiger partial charge in [-0.05, 0) is 45.4 Å². The number of aliphatic imine (C=N–C) groups is 1. The van der Waals surface area contributed by atoms with Crippen LogP contribution in [0.25, 0.3) is 11.3 Å². The molecule has 1 N–H and O–H groups in total. The standard InChI is InChI=1S/C22H24ClN3O4/c1-5-29-21(27)17-12(3)25-13(4)18(22(28)30-6-2)19(17)16-11-24-26-20(16)14-7-9-15(23)10-8-14/h7-11,17,19H,5-6H2,1-4H3,(H,24,26). The highest BCUT2D eigenvalue weighted by molar-refractivity contribution is 6.30. The fourth-order valence-corrected chi connectivity index (χ4v) is 3.89. The second-order valence-corrected chi connectivity index (χ2v) is 7.32. The van der Waals surface area contributed by atoms with Crippen molar-refractivity contribution in [1.82, 2.24) is 10.2 Å². The summed E-state index contributed by atoms with van der Waals surface area (Å²) in [6, 6.07) is 7.24. The van der Waals surface area contributed by atoms with Gasteiger partial charge in [-0.25, -0.2) is 4.79 Å². The van der Waals surface area contributed by atoms with E-state index >= 15 is 0 Å². The van der Waals surface area contributed by atoms with E-state index in [4.69, 9.17) is 21.1 Å². The molecule has 1 aliphatic heterocycles. The highest BCUT2D eigenvalue weighted by Crippen LogP contribution is 2.43. The largest absolute Gasteiger partial charge is 0.465 e. The van der Waals surface area contributed by atoms with E-state index in [1.165, 1.54) is 0 Å². The summed E-state index contributed by atoms with van der Waals surface area (Å²) in [6.45, 7) is 7.42. The van der Waals surface area contributed by atoms with Crippen molar-refractivity contribution in [2.45, 2.75) is 33.6 Å². The van der Waals surface area contributed by atoms with Crippen LogP contribution in [0.2, 0.25) is 5.02 Å². The first-order valence-corrected chi connectivity index (χ1v) is 10.2. The summed E-state index contributed by atoms with van der Waals surface area (Å²) in [4.78, 5) is 30.3. The highest BCUT2D eigenvalue weighted by atomic mass is 35.5. The summed E-state index contributed by atoms with van der Waals surface area (Å²) in [5, 5.41) is 7.80. The Hall–Kier alpha value is -2.93. The molecule has 0 aliphatic carbocycles. The topological polar surface area (TPSA) is 93.6 Å². The number of benzene rings is 1. The van der Waals surface area contributed by atoms with Crippen molar-refractivity contribution >= 4 is 29.3 Å². The molecule has 7 nitrogen and oxygen atoms in total. The molecule has 1 aromatic heterocycles. The number of halogens is 1. The zero-order valence-corrected chi connectivity index (χ0v) is 18.1. The molecule has 2 heterocycles. The number of carbonyl (C=O) groups excluding carboxylic acids is 2. The zero-order valence-electron chi connectivity index (χ0n) is 17.4. The Morgan fingerprint density at radius 1 is 1.10 bits per heavy atom. The molecule has 158 valence electrons. The van der Waals surface area contributed by atoms with Crippen molar-refractivity contribution in [2.24, 2.45) is 10.9 Å². The molecule has 1 aliphatic rings. The van der Waals surface area contributed by atoms with Gasteiger partial charge in [-0.15, -0.1) is 0 Å². The Morgan fingerprint density at radius 3 is 2.40 bits per heavy atom. The number of allylic oxidation sites excluding steroid dienone is 1. The molecule has 8 heteroatoms. The van der Waals surface area contributed by atoms with E-state index in [-0.39, 0.29) is 13.2 Å². The van der Waals surface area contributed by atoms with Gasteiger partial charge in [0.1, 0.15) is 5.92 Å². The highest BCUT2D eigenvalue weighted by Gasteiger charge is 2.43. The maximum absolute atomic E-state index is 12.9. The monoisotopic (exact) mass is 429 g/mol. The van der Waals surface area contributed by atoms with E-state index in [9.17, 15) is 9.59 Å². The summed E-state index contributed by atoms with van der Waals surface area (Å²) >= 11 is 6.03. The molecule has 2 unspecified atom stereocenters. The van der Waals surface area contributed by atoms with Gasteiger partial charge in [0.15, 0.2) is 0 Å². The van der Waals surface area contributed by atoms with Crippen molar-refractivity contribution in [3.8, 4) is 11.3 Å². The van der Waals surface area contributed by atoms with Crippen LogP contribution in [-0.2, 0) is 19.1 Å². The first kappa shape index (κ1) is 21.8. The third-order valence-corrected chi connectivity index (χ3v) is 5.25. The zero-order chi connectivity index (χ0) is 21.8. The van der Waals surface area contributed by atoms with E-state index in [1.54, 1.807) is 46.0 Å². The lowest BCUT2D eigenvalue weighted by Crippen LogP contribution is -2.36. The number of esters is 2. The summed E-state index contributed by atoms with van der Waals surface area (Å²) in [5.41, 5.74) is 3.63. The van der Waals surface area contributed by atoms with Gasteiger partial charge in [-0.2, -0.15) is 5.10 Å². The van der Waals surface area contributed by atoms with E-state index in [0.717, 1.165) is 5.56 Å². The molecular weight excluding hydrogens is 406 g/mol. The maximum atomic E-state index is 12.9. The number of nitrogens with zero attached hydrogens (tertiary/aromatic N) is 2. The van der Waals surface area contributed by atoms with Crippen LogP contribution in [-0.4, -0.2) is 41.1 Å². The van der Waals surface area contributed by atoms with Crippen LogP contribution in [0.15, 0.2) is 46.7 Å². The molecule has 0 amide bonds.